The summed E-state index contributed by atoms with van der Waals surface area (Å²) in [5.74, 6) is 0.846. The van der Waals surface area contributed by atoms with Crippen LogP contribution in [0.4, 0.5) is 0 Å². The molecule has 0 aromatic heterocycles. The van der Waals surface area contributed by atoms with E-state index >= 15 is 0 Å². The van der Waals surface area contributed by atoms with Crippen LogP contribution in [-0.4, -0.2) is 10.8 Å². The second-order valence-corrected chi connectivity index (χ2v) is 5.76. The lowest BCUT2D eigenvalue weighted by molar-refractivity contribution is -0.114. The highest BCUT2D eigenvalue weighted by atomic mass is 79.9. The predicted molar refractivity (Wildman–Crippen MR) is 73.9 cm³/mol. The van der Waals surface area contributed by atoms with E-state index in [0.717, 1.165) is 16.9 Å². The molecule has 2 nitrogen and oxygen atoms in total. The number of hydrogen-bond acceptors (Lipinski definition) is 2. The van der Waals surface area contributed by atoms with Crippen LogP contribution >= 0.6 is 15.9 Å². The molecule has 1 rings (SSSR count). The minimum Gasteiger partial charge on any atom is -0.491 e. The largest absolute Gasteiger partial charge is 0.491 e. The maximum absolute atomic E-state index is 11.6. The van der Waals surface area contributed by atoms with Gasteiger partial charge < -0.3 is 4.74 Å². The monoisotopic (exact) mass is 298 g/mol. The van der Waals surface area contributed by atoms with Crippen LogP contribution in [0.3, 0.4) is 0 Å². The lowest BCUT2D eigenvalue weighted by atomic mass is 9.83. The summed E-state index contributed by atoms with van der Waals surface area (Å²) in [4.78, 5) is 11.6. The molecule has 0 amide bonds. The molecule has 0 saturated carbocycles. The van der Waals surface area contributed by atoms with Gasteiger partial charge in [0, 0.05) is 0 Å². The van der Waals surface area contributed by atoms with Gasteiger partial charge in [-0.1, -0.05) is 6.07 Å². The number of benzene rings is 1. The van der Waals surface area contributed by atoms with E-state index in [0.29, 0.717) is 0 Å². The average molecular weight is 299 g/mol. The molecule has 0 atom stereocenters. The van der Waals surface area contributed by atoms with E-state index in [2.05, 4.69) is 15.9 Å². The Labute approximate surface area is 111 Å². The van der Waals surface area contributed by atoms with Gasteiger partial charge >= 0.3 is 0 Å². The van der Waals surface area contributed by atoms with Crippen LogP contribution in [0.15, 0.2) is 18.2 Å². The summed E-state index contributed by atoms with van der Waals surface area (Å²) in [5.41, 5.74) is 1.58. The minimum atomic E-state index is -0.513. The maximum atomic E-state index is 11.6. The average Bonchev–Trinajstić information content (AvgIpc) is 2.15. The number of aryl methyl sites for hydroxylation is 1. The summed E-state index contributed by atoms with van der Waals surface area (Å²) in [5, 5.41) is 0. The summed E-state index contributed by atoms with van der Waals surface area (Å²) in [6, 6.07) is 5.86. The topological polar surface area (TPSA) is 26.3 Å². The smallest absolute Gasteiger partial charge is 0.207 e. The molecule has 1 aromatic rings. The van der Waals surface area contributed by atoms with Crippen LogP contribution in [0.25, 0.3) is 0 Å². The fourth-order valence-electron chi connectivity index (χ4n) is 1.79. The van der Waals surface area contributed by atoms with Crippen molar-refractivity contribution < 1.29 is 9.53 Å². The van der Waals surface area contributed by atoms with E-state index in [9.17, 15) is 4.79 Å². The zero-order valence-electron chi connectivity index (χ0n) is 11.0. The molecule has 1 aromatic carbocycles. The van der Waals surface area contributed by atoms with Gasteiger partial charge in [-0.3, -0.25) is 4.79 Å². The minimum absolute atomic E-state index is 0.00868. The second kappa shape index (κ2) is 5.21. The Morgan fingerprint density at radius 3 is 2.35 bits per heavy atom. The molecule has 0 fully saturated rings. The third-order valence-electron chi connectivity index (χ3n) is 2.73. The number of carbonyl (C=O) groups is 1. The van der Waals surface area contributed by atoms with Gasteiger partial charge in [0.05, 0.1) is 11.5 Å². The van der Waals surface area contributed by atoms with Crippen molar-refractivity contribution in [3.63, 3.8) is 0 Å². The fourth-order valence-corrected chi connectivity index (χ4v) is 2.00. The maximum Gasteiger partial charge on any atom is 0.207 e. The van der Waals surface area contributed by atoms with Crippen molar-refractivity contribution in [2.45, 2.75) is 46.1 Å². The Bertz CT molecular complexity index is 422. The van der Waals surface area contributed by atoms with E-state index in [4.69, 9.17) is 4.74 Å². The molecule has 0 heterocycles. The SMILES string of the molecule is Cc1cc(OC(C)C)ccc1C(C)(C)C(=O)Br. The highest BCUT2D eigenvalue weighted by Crippen LogP contribution is 2.31. The van der Waals surface area contributed by atoms with E-state index in [1.165, 1.54) is 0 Å². The molecular formula is C14H19BrO2. The first-order valence-electron chi connectivity index (χ1n) is 5.73. The molecule has 3 heteroatoms. The number of rotatable bonds is 4. The molecule has 0 aliphatic rings. The first kappa shape index (κ1) is 14.2. The molecule has 0 N–H and O–H groups in total. The zero-order chi connectivity index (χ0) is 13.2. The quantitative estimate of drug-likeness (QED) is 0.786. The highest BCUT2D eigenvalue weighted by Gasteiger charge is 2.29. The van der Waals surface area contributed by atoms with Gasteiger partial charge in [-0.15, -0.1) is 0 Å². The molecular weight excluding hydrogens is 280 g/mol. The third kappa shape index (κ3) is 3.32. The summed E-state index contributed by atoms with van der Waals surface area (Å²) in [7, 11) is 0. The molecule has 0 unspecified atom stereocenters. The van der Waals surface area contributed by atoms with Gasteiger partial charge in [-0.25, -0.2) is 0 Å². The van der Waals surface area contributed by atoms with Crippen molar-refractivity contribution in [1.82, 2.24) is 0 Å². The number of halogens is 1. The molecule has 0 aliphatic carbocycles. The van der Waals surface area contributed by atoms with Crippen molar-refractivity contribution in [2.75, 3.05) is 0 Å². The first-order valence-corrected chi connectivity index (χ1v) is 6.52. The van der Waals surface area contributed by atoms with Gasteiger partial charge in [-0.2, -0.15) is 0 Å². The van der Waals surface area contributed by atoms with Crippen LogP contribution in [0.5, 0.6) is 5.75 Å². The van der Waals surface area contributed by atoms with Crippen LogP contribution in [0.1, 0.15) is 38.8 Å². The van der Waals surface area contributed by atoms with Crippen molar-refractivity contribution in [1.29, 1.82) is 0 Å². The number of hydrogen-bond donors (Lipinski definition) is 0. The van der Waals surface area contributed by atoms with Gasteiger partial charge in [0.15, 0.2) is 0 Å². The Hall–Kier alpha value is -0.830. The highest BCUT2D eigenvalue weighted by molar-refractivity contribution is 9.18. The summed E-state index contributed by atoms with van der Waals surface area (Å²) >= 11 is 3.06. The van der Waals surface area contributed by atoms with Gasteiger partial charge in [0.2, 0.25) is 4.69 Å². The molecule has 0 bridgehead atoms. The Morgan fingerprint density at radius 1 is 1.35 bits per heavy atom. The normalized spacial score (nSPS) is 11.7. The Balaban J connectivity index is 3.10. The Kier molecular flexibility index (Phi) is 4.36. The summed E-state index contributed by atoms with van der Waals surface area (Å²) in [6.07, 6.45) is 0.158. The molecule has 0 saturated heterocycles. The molecule has 17 heavy (non-hydrogen) atoms. The van der Waals surface area contributed by atoms with Gasteiger partial charge in [0.1, 0.15) is 5.75 Å². The van der Waals surface area contributed by atoms with Crippen molar-refractivity contribution in [3.05, 3.63) is 29.3 Å². The van der Waals surface area contributed by atoms with Crippen molar-refractivity contribution >= 4 is 20.6 Å². The first-order chi connectivity index (χ1) is 7.75. The van der Waals surface area contributed by atoms with Gasteiger partial charge in [-0.05, 0) is 73.8 Å². The predicted octanol–water partition coefficient (Wildman–Crippen LogP) is 3.98. The molecule has 0 aliphatic heterocycles. The molecule has 0 radical (unpaired) electrons. The van der Waals surface area contributed by atoms with Gasteiger partial charge in [0.25, 0.3) is 0 Å². The molecule has 94 valence electrons. The second-order valence-electron chi connectivity index (χ2n) is 5.04. The van der Waals surface area contributed by atoms with Crippen LogP contribution in [0, 0.1) is 6.92 Å². The lowest BCUT2D eigenvalue weighted by Gasteiger charge is -2.23. The van der Waals surface area contributed by atoms with Crippen LogP contribution < -0.4 is 4.74 Å². The zero-order valence-corrected chi connectivity index (χ0v) is 12.6. The van der Waals surface area contributed by atoms with E-state index in [1.54, 1.807) is 0 Å². The number of carbonyl (C=O) groups excluding carboxylic acids is 1. The van der Waals surface area contributed by atoms with Crippen LogP contribution in [0.2, 0.25) is 0 Å². The van der Waals surface area contributed by atoms with Crippen LogP contribution in [-0.2, 0) is 10.2 Å². The van der Waals surface area contributed by atoms with E-state index in [-0.39, 0.29) is 10.8 Å². The molecule has 0 spiro atoms. The standard InChI is InChI=1S/C14H19BrO2/c1-9(2)17-11-6-7-12(10(3)8-11)14(4,5)13(15)16/h6-9H,1-5H3. The third-order valence-corrected chi connectivity index (χ3v) is 3.73. The fraction of sp³-hybridized carbons (Fsp3) is 0.500. The summed E-state index contributed by atoms with van der Waals surface area (Å²) in [6.45, 7) is 9.81. The number of ether oxygens (including phenoxy) is 1. The lowest BCUT2D eigenvalue weighted by Crippen LogP contribution is -2.25. The van der Waals surface area contributed by atoms with Crippen molar-refractivity contribution in [3.8, 4) is 5.75 Å². The van der Waals surface area contributed by atoms with Crippen molar-refractivity contribution in [2.24, 2.45) is 0 Å². The summed E-state index contributed by atoms with van der Waals surface area (Å²) < 4.78 is 5.62. The van der Waals surface area contributed by atoms with E-state index in [1.807, 2.05) is 52.8 Å². The Morgan fingerprint density at radius 2 is 1.94 bits per heavy atom. The van der Waals surface area contributed by atoms with E-state index < -0.39 is 5.41 Å².